The summed E-state index contributed by atoms with van der Waals surface area (Å²) in [6, 6.07) is 2.01. The Balaban J connectivity index is 2.41. The molecule has 110 valence electrons. The van der Waals surface area contributed by atoms with Gasteiger partial charge < -0.3 is 4.98 Å². The highest BCUT2D eigenvalue weighted by molar-refractivity contribution is 7.71. The first kappa shape index (κ1) is 13.9. The molecular weight excluding hydrogens is 301 g/mol. The van der Waals surface area contributed by atoms with Crippen LogP contribution in [0.2, 0.25) is 0 Å². The van der Waals surface area contributed by atoms with Gasteiger partial charge in [0, 0.05) is 7.05 Å². The molecule has 0 amide bonds. The van der Waals surface area contributed by atoms with E-state index in [0.29, 0.717) is 17.6 Å². The van der Waals surface area contributed by atoms with Gasteiger partial charge in [-0.3, -0.25) is 4.57 Å². The van der Waals surface area contributed by atoms with Crippen molar-refractivity contribution in [3.63, 3.8) is 0 Å². The van der Waals surface area contributed by atoms with Crippen LogP contribution in [0.5, 0.6) is 0 Å². The summed E-state index contributed by atoms with van der Waals surface area (Å²) in [6.45, 7) is 1.92. The number of nitrogens with one attached hydrogen (secondary N) is 1. The van der Waals surface area contributed by atoms with Gasteiger partial charge in [0.15, 0.2) is 27.9 Å². The lowest BCUT2D eigenvalue weighted by atomic mass is 10.2. The van der Waals surface area contributed by atoms with Crippen molar-refractivity contribution in [1.82, 2.24) is 19.3 Å². The highest BCUT2D eigenvalue weighted by atomic mass is 32.1. The fourth-order valence-corrected chi connectivity index (χ4v) is 2.66. The minimum atomic E-state index is -1.53. The van der Waals surface area contributed by atoms with Gasteiger partial charge in [0.1, 0.15) is 5.52 Å². The second-order valence-electron chi connectivity index (χ2n) is 4.58. The molecular formula is C13H11F3N4S. The largest absolute Gasteiger partial charge is 0.327 e. The average Bonchev–Trinajstić information content (AvgIpc) is 2.94. The van der Waals surface area contributed by atoms with Gasteiger partial charge in [0.2, 0.25) is 0 Å². The summed E-state index contributed by atoms with van der Waals surface area (Å²) in [7, 11) is 1.68. The number of hydrogen-bond donors (Lipinski definition) is 1. The third-order valence-electron chi connectivity index (χ3n) is 3.33. The predicted octanol–water partition coefficient (Wildman–Crippen LogP) is 3.40. The normalized spacial score (nSPS) is 11.5. The number of H-pyrrole nitrogens is 1. The van der Waals surface area contributed by atoms with E-state index in [1.165, 1.54) is 9.25 Å². The molecule has 21 heavy (non-hydrogen) atoms. The Morgan fingerprint density at radius 3 is 2.62 bits per heavy atom. The molecule has 1 N–H and O–H groups in total. The number of halogens is 3. The Morgan fingerprint density at radius 2 is 1.95 bits per heavy atom. The van der Waals surface area contributed by atoms with Crippen LogP contribution in [0.1, 0.15) is 12.6 Å². The van der Waals surface area contributed by atoms with Crippen LogP contribution in [0.15, 0.2) is 12.1 Å². The molecule has 2 aromatic heterocycles. The van der Waals surface area contributed by atoms with E-state index in [1.54, 1.807) is 7.05 Å². The summed E-state index contributed by atoms with van der Waals surface area (Å²) in [5.74, 6) is -4.05. The minimum absolute atomic E-state index is 0.157. The zero-order valence-corrected chi connectivity index (χ0v) is 12.1. The molecule has 0 spiro atoms. The van der Waals surface area contributed by atoms with Crippen molar-refractivity contribution in [2.45, 2.75) is 13.3 Å². The van der Waals surface area contributed by atoms with E-state index in [0.717, 1.165) is 17.8 Å². The molecule has 0 atom stereocenters. The van der Waals surface area contributed by atoms with Crippen LogP contribution in [-0.2, 0) is 13.5 Å². The van der Waals surface area contributed by atoms with Crippen LogP contribution >= 0.6 is 12.2 Å². The number of imidazole rings is 1. The van der Waals surface area contributed by atoms with Crippen LogP contribution in [0, 0.1) is 22.2 Å². The van der Waals surface area contributed by atoms with Crippen LogP contribution in [0.25, 0.3) is 16.9 Å². The standard InChI is InChI=1S/C13H11F3N4S/c1-3-7-11-12(19(2)18-7)20(13(21)17-11)8-5-4-6(14)9(15)10(8)16/h4-5H,3H2,1-2H3,(H,17,21). The van der Waals surface area contributed by atoms with E-state index in [1.807, 2.05) is 6.92 Å². The highest BCUT2D eigenvalue weighted by Crippen LogP contribution is 2.25. The molecule has 0 saturated heterocycles. The second kappa shape index (κ2) is 4.73. The molecule has 0 aliphatic rings. The zero-order chi connectivity index (χ0) is 15.3. The lowest BCUT2D eigenvalue weighted by Gasteiger charge is -2.07. The quantitative estimate of drug-likeness (QED) is 0.582. The topological polar surface area (TPSA) is 38.5 Å². The number of aryl methyl sites for hydroxylation is 2. The van der Waals surface area contributed by atoms with Crippen molar-refractivity contribution in [1.29, 1.82) is 0 Å². The Morgan fingerprint density at radius 1 is 1.24 bits per heavy atom. The van der Waals surface area contributed by atoms with E-state index in [2.05, 4.69) is 10.1 Å². The summed E-state index contributed by atoms with van der Waals surface area (Å²) in [6.07, 6.45) is 0.660. The molecule has 0 fully saturated rings. The molecule has 3 rings (SSSR count). The fraction of sp³-hybridized carbons (Fsp3) is 0.231. The summed E-state index contributed by atoms with van der Waals surface area (Å²) < 4.78 is 43.6. The lowest BCUT2D eigenvalue weighted by molar-refractivity contribution is 0.444. The Kier molecular flexibility index (Phi) is 3.12. The van der Waals surface area contributed by atoms with Crippen molar-refractivity contribution >= 4 is 23.4 Å². The number of hydrogen-bond acceptors (Lipinski definition) is 2. The van der Waals surface area contributed by atoms with Crippen molar-refractivity contribution in [2.24, 2.45) is 7.05 Å². The van der Waals surface area contributed by atoms with Gasteiger partial charge in [-0.1, -0.05) is 6.92 Å². The van der Waals surface area contributed by atoms with Crippen molar-refractivity contribution < 1.29 is 13.2 Å². The summed E-state index contributed by atoms with van der Waals surface area (Å²) >= 11 is 5.17. The smallest absolute Gasteiger partial charge is 0.196 e. The van der Waals surface area contributed by atoms with Gasteiger partial charge in [-0.25, -0.2) is 17.9 Å². The number of aromatic nitrogens is 4. The molecule has 1 aromatic carbocycles. The van der Waals surface area contributed by atoms with Gasteiger partial charge in [0.25, 0.3) is 0 Å². The zero-order valence-electron chi connectivity index (χ0n) is 11.2. The van der Waals surface area contributed by atoms with Gasteiger partial charge in [-0.05, 0) is 30.8 Å². The Labute approximate surface area is 122 Å². The second-order valence-corrected chi connectivity index (χ2v) is 4.97. The molecule has 8 heteroatoms. The predicted molar refractivity (Wildman–Crippen MR) is 74.5 cm³/mol. The molecule has 0 unspecified atom stereocenters. The van der Waals surface area contributed by atoms with Gasteiger partial charge in [-0.2, -0.15) is 5.10 Å². The maximum absolute atomic E-state index is 14.0. The molecule has 0 saturated carbocycles. The summed E-state index contributed by atoms with van der Waals surface area (Å²) in [4.78, 5) is 2.94. The first-order valence-corrected chi connectivity index (χ1v) is 6.67. The monoisotopic (exact) mass is 312 g/mol. The van der Waals surface area contributed by atoms with Gasteiger partial charge in [-0.15, -0.1) is 0 Å². The molecule has 3 aromatic rings. The van der Waals surface area contributed by atoms with E-state index in [4.69, 9.17) is 12.2 Å². The molecule has 0 radical (unpaired) electrons. The molecule has 4 nitrogen and oxygen atoms in total. The highest BCUT2D eigenvalue weighted by Gasteiger charge is 2.20. The maximum atomic E-state index is 14.0. The Bertz CT molecular complexity index is 906. The number of fused-ring (bicyclic) bond motifs is 1. The lowest BCUT2D eigenvalue weighted by Crippen LogP contribution is -2.05. The minimum Gasteiger partial charge on any atom is -0.327 e. The number of nitrogens with zero attached hydrogens (tertiary/aromatic N) is 3. The van der Waals surface area contributed by atoms with E-state index >= 15 is 0 Å². The number of benzene rings is 1. The van der Waals surface area contributed by atoms with Gasteiger partial charge >= 0.3 is 0 Å². The number of rotatable bonds is 2. The van der Waals surface area contributed by atoms with Crippen molar-refractivity contribution in [3.05, 3.63) is 40.0 Å². The third kappa shape index (κ3) is 1.90. The first-order valence-electron chi connectivity index (χ1n) is 6.26. The van der Waals surface area contributed by atoms with Crippen molar-refractivity contribution in [3.8, 4) is 5.69 Å². The van der Waals surface area contributed by atoms with Crippen LogP contribution in [0.4, 0.5) is 13.2 Å². The maximum Gasteiger partial charge on any atom is 0.196 e. The van der Waals surface area contributed by atoms with Crippen molar-refractivity contribution in [2.75, 3.05) is 0 Å². The number of aromatic amines is 1. The SMILES string of the molecule is CCc1nn(C)c2c1[nH]c(=S)n2-c1ccc(F)c(F)c1F. The van der Waals surface area contributed by atoms with Gasteiger partial charge in [0.05, 0.1) is 11.4 Å². The molecule has 0 aliphatic carbocycles. The summed E-state index contributed by atoms with van der Waals surface area (Å²) in [5, 5.41) is 4.29. The Hall–Kier alpha value is -2.09. The third-order valence-corrected chi connectivity index (χ3v) is 3.61. The van der Waals surface area contributed by atoms with Crippen LogP contribution in [0.3, 0.4) is 0 Å². The molecule has 2 heterocycles. The van der Waals surface area contributed by atoms with E-state index in [9.17, 15) is 13.2 Å². The fourth-order valence-electron chi connectivity index (χ4n) is 2.37. The molecule has 0 bridgehead atoms. The van der Waals surface area contributed by atoms with E-state index < -0.39 is 17.5 Å². The van der Waals surface area contributed by atoms with E-state index in [-0.39, 0.29) is 10.5 Å². The van der Waals surface area contributed by atoms with Crippen LogP contribution < -0.4 is 0 Å². The molecule has 0 aliphatic heterocycles. The van der Waals surface area contributed by atoms with Crippen LogP contribution in [-0.4, -0.2) is 19.3 Å². The summed E-state index contributed by atoms with van der Waals surface area (Å²) in [5.41, 5.74) is 1.77. The first-order chi connectivity index (χ1) is 9.95. The average molecular weight is 312 g/mol.